The number of hydrogen-bond donors (Lipinski definition) is 0. The lowest BCUT2D eigenvalue weighted by Gasteiger charge is -2.22. The van der Waals surface area contributed by atoms with Crippen molar-refractivity contribution in [1.82, 2.24) is 0 Å². The highest BCUT2D eigenvalue weighted by Crippen LogP contribution is 2.35. The highest BCUT2D eigenvalue weighted by atomic mass is 79.9. The van der Waals surface area contributed by atoms with Gasteiger partial charge in [0.2, 0.25) is 5.91 Å². The normalized spacial score (nSPS) is 14.0. The van der Waals surface area contributed by atoms with E-state index >= 15 is 0 Å². The zero-order valence-corrected chi connectivity index (χ0v) is 16.8. The van der Waals surface area contributed by atoms with Crippen LogP contribution in [0.1, 0.15) is 16.9 Å². The zero-order chi connectivity index (χ0) is 18.1. The standard InChI is InChI=1S/C20H14BrClN2OS/c21-19-9-8-18(26-19)16-11-20(25)24(12-13-4-3-5-14(22)10-13)17-7-2-1-6-15(17)23-16/h1-10H,11-12H2. The van der Waals surface area contributed by atoms with E-state index in [1.165, 1.54) is 0 Å². The van der Waals surface area contributed by atoms with E-state index in [0.717, 1.165) is 31.3 Å². The minimum atomic E-state index is 0.0261. The number of nitrogens with zero attached hydrogens (tertiary/aromatic N) is 2. The number of amides is 1. The Bertz CT molecular complexity index is 1010. The second kappa shape index (κ2) is 7.35. The summed E-state index contributed by atoms with van der Waals surface area (Å²) in [7, 11) is 0. The molecule has 0 aliphatic carbocycles. The molecule has 1 amide bonds. The van der Waals surface area contributed by atoms with Crippen molar-refractivity contribution >= 4 is 61.9 Å². The molecule has 0 unspecified atom stereocenters. The van der Waals surface area contributed by atoms with Crippen LogP contribution in [0.2, 0.25) is 5.02 Å². The van der Waals surface area contributed by atoms with Crippen LogP contribution in [-0.4, -0.2) is 11.6 Å². The molecule has 0 fully saturated rings. The summed E-state index contributed by atoms with van der Waals surface area (Å²) in [4.78, 5) is 20.7. The first-order valence-corrected chi connectivity index (χ1v) is 10.1. The Morgan fingerprint density at radius 2 is 1.96 bits per heavy atom. The van der Waals surface area contributed by atoms with E-state index in [-0.39, 0.29) is 12.3 Å². The number of rotatable bonds is 3. The Morgan fingerprint density at radius 1 is 1.12 bits per heavy atom. The molecular formula is C20H14BrClN2OS. The van der Waals surface area contributed by atoms with Crippen LogP contribution < -0.4 is 4.90 Å². The van der Waals surface area contributed by atoms with E-state index < -0.39 is 0 Å². The van der Waals surface area contributed by atoms with Crippen LogP contribution in [-0.2, 0) is 11.3 Å². The van der Waals surface area contributed by atoms with Crippen LogP contribution in [0.5, 0.6) is 0 Å². The molecule has 6 heteroatoms. The Balaban J connectivity index is 1.74. The lowest BCUT2D eigenvalue weighted by molar-refractivity contribution is -0.117. The van der Waals surface area contributed by atoms with Crippen LogP contribution in [0.4, 0.5) is 11.4 Å². The van der Waals surface area contributed by atoms with Gasteiger partial charge in [0.05, 0.1) is 38.7 Å². The minimum absolute atomic E-state index is 0.0261. The number of hydrogen-bond acceptors (Lipinski definition) is 3. The van der Waals surface area contributed by atoms with E-state index in [1.807, 2.05) is 60.7 Å². The van der Waals surface area contributed by atoms with Gasteiger partial charge in [-0.25, -0.2) is 4.99 Å². The minimum Gasteiger partial charge on any atom is -0.306 e. The first kappa shape index (κ1) is 17.5. The van der Waals surface area contributed by atoms with Gasteiger partial charge in [0.1, 0.15) is 0 Å². The molecule has 3 nitrogen and oxygen atoms in total. The molecule has 3 aromatic rings. The number of carbonyl (C=O) groups is 1. The van der Waals surface area contributed by atoms with Crippen molar-refractivity contribution in [1.29, 1.82) is 0 Å². The number of benzene rings is 2. The largest absolute Gasteiger partial charge is 0.306 e. The summed E-state index contributed by atoms with van der Waals surface area (Å²) >= 11 is 11.2. The van der Waals surface area contributed by atoms with Crippen LogP contribution >= 0.6 is 38.9 Å². The maximum absolute atomic E-state index is 13.1. The maximum atomic E-state index is 13.1. The van der Waals surface area contributed by atoms with Crippen molar-refractivity contribution in [2.24, 2.45) is 4.99 Å². The number of para-hydroxylation sites is 2. The summed E-state index contributed by atoms with van der Waals surface area (Å²) in [5.41, 5.74) is 3.41. The van der Waals surface area contributed by atoms with Crippen molar-refractivity contribution < 1.29 is 4.79 Å². The van der Waals surface area contributed by atoms with Gasteiger partial charge < -0.3 is 4.90 Å². The SMILES string of the molecule is O=C1CC(c2ccc(Br)s2)=Nc2ccccc2N1Cc1cccc(Cl)c1. The van der Waals surface area contributed by atoms with E-state index in [9.17, 15) is 4.79 Å². The van der Waals surface area contributed by atoms with Gasteiger partial charge in [0.25, 0.3) is 0 Å². The second-order valence-electron chi connectivity index (χ2n) is 5.94. The summed E-state index contributed by atoms with van der Waals surface area (Å²) in [5, 5.41) is 0.665. The molecule has 130 valence electrons. The number of fused-ring (bicyclic) bond motifs is 1. The lowest BCUT2D eigenvalue weighted by atomic mass is 10.1. The lowest BCUT2D eigenvalue weighted by Crippen LogP contribution is -2.30. The number of halogens is 2. The molecule has 2 heterocycles. The average Bonchev–Trinajstić information content (AvgIpc) is 3.00. The van der Waals surface area contributed by atoms with Crippen molar-refractivity contribution in [2.45, 2.75) is 13.0 Å². The number of thiophene rings is 1. The Kier molecular flexibility index (Phi) is 4.94. The number of aliphatic imine (C=N–C) groups is 1. The summed E-state index contributed by atoms with van der Waals surface area (Å²) in [6.07, 6.45) is 0.266. The first-order valence-electron chi connectivity index (χ1n) is 8.07. The molecule has 26 heavy (non-hydrogen) atoms. The predicted molar refractivity (Wildman–Crippen MR) is 112 cm³/mol. The highest BCUT2D eigenvalue weighted by molar-refractivity contribution is 9.11. The molecule has 0 saturated heterocycles. The zero-order valence-electron chi connectivity index (χ0n) is 13.7. The fourth-order valence-corrected chi connectivity index (χ4v) is 4.53. The summed E-state index contributed by atoms with van der Waals surface area (Å²) in [5.74, 6) is 0.0261. The van der Waals surface area contributed by atoms with E-state index in [0.29, 0.717) is 11.6 Å². The van der Waals surface area contributed by atoms with E-state index in [2.05, 4.69) is 15.9 Å². The van der Waals surface area contributed by atoms with Gasteiger partial charge in [-0.05, 0) is 57.9 Å². The first-order chi connectivity index (χ1) is 12.6. The fraction of sp³-hybridized carbons (Fsp3) is 0.100. The maximum Gasteiger partial charge on any atom is 0.233 e. The van der Waals surface area contributed by atoms with Gasteiger partial charge in [-0.3, -0.25) is 4.79 Å². The fourth-order valence-electron chi connectivity index (χ4n) is 2.95. The van der Waals surface area contributed by atoms with Crippen LogP contribution in [0.3, 0.4) is 0 Å². The van der Waals surface area contributed by atoms with E-state index in [4.69, 9.17) is 16.6 Å². The third-order valence-corrected chi connectivity index (χ3v) is 6.04. The third kappa shape index (κ3) is 3.61. The van der Waals surface area contributed by atoms with Gasteiger partial charge in [-0.1, -0.05) is 35.9 Å². The molecular weight excluding hydrogens is 432 g/mol. The van der Waals surface area contributed by atoms with Gasteiger partial charge in [-0.15, -0.1) is 11.3 Å². The molecule has 0 atom stereocenters. The predicted octanol–water partition coefficient (Wildman–Crippen LogP) is 6.22. The Hall–Kier alpha value is -1.95. The topological polar surface area (TPSA) is 32.7 Å². The molecule has 0 spiro atoms. The number of carbonyl (C=O) groups excluding carboxylic acids is 1. The highest BCUT2D eigenvalue weighted by Gasteiger charge is 2.25. The molecule has 0 radical (unpaired) electrons. The second-order valence-corrected chi connectivity index (χ2v) is 8.84. The molecule has 0 N–H and O–H groups in total. The van der Waals surface area contributed by atoms with Crippen LogP contribution in [0.25, 0.3) is 0 Å². The third-order valence-electron chi connectivity index (χ3n) is 4.14. The average molecular weight is 446 g/mol. The van der Waals surface area contributed by atoms with E-state index in [1.54, 1.807) is 16.2 Å². The molecule has 0 bridgehead atoms. The van der Waals surface area contributed by atoms with Crippen LogP contribution in [0.15, 0.2) is 69.4 Å². The van der Waals surface area contributed by atoms with Gasteiger partial charge in [0.15, 0.2) is 0 Å². The van der Waals surface area contributed by atoms with Crippen molar-refractivity contribution in [3.8, 4) is 0 Å². The number of anilines is 1. The molecule has 1 aliphatic rings. The summed E-state index contributed by atoms with van der Waals surface area (Å²) < 4.78 is 1.02. The molecule has 0 saturated carbocycles. The Labute approximate surface area is 169 Å². The molecule has 2 aromatic carbocycles. The van der Waals surface area contributed by atoms with Crippen molar-refractivity contribution in [3.05, 3.63) is 79.9 Å². The van der Waals surface area contributed by atoms with Crippen molar-refractivity contribution in [2.75, 3.05) is 4.90 Å². The van der Waals surface area contributed by atoms with Gasteiger partial charge >= 0.3 is 0 Å². The van der Waals surface area contributed by atoms with Crippen LogP contribution in [0, 0.1) is 0 Å². The van der Waals surface area contributed by atoms with Gasteiger partial charge in [-0.2, -0.15) is 0 Å². The van der Waals surface area contributed by atoms with Crippen molar-refractivity contribution in [3.63, 3.8) is 0 Å². The molecule has 1 aliphatic heterocycles. The molecule has 1 aromatic heterocycles. The summed E-state index contributed by atoms with van der Waals surface area (Å²) in [6.45, 7) is 0.466. The summed E-state index contributed by atoms with van der Waals surface area (Å²) in [6, 6.07) is 19.3. The molecule has 4 rings (SSSR count). The monoisotopic (exact) mass is 444 g/mol. The smallest absolute Gasteiger partial charge is 0.233 e. The van der Waals surface area contributed by atoms with Gasteiger partial charge in [0, 0.05) is 5.02 Å². The quantitative estimate of drug-likeness (QED) is 0.471. The Morgan fingerprint density at radius 3 is 2.73 bits per heavy atom.